The number of phenols is 1. The second kappa shape index (κ2) is 6.15. The summed E-state index contributed by atoms with van der Waals surface area (Å²) in [6, 6.07) is 11.2. The van der Waals surface area contributed by atoms with Gasteiger partial charge in [-0.25, -0.2) is 0 Å². The number of hydrogen-bond acceptors (Lipinski definition) is 4. The van der Waals surface area contributed by atoms with Crippen LogP contribution in [0.15, 0.2) is 36.4 Å². The standard InChI is InChI=1S/C19H19ClN2O3/c1-2-25-16-10-11(9-14(20)17(16)23)18-21-15-6-4-3-5-13(15)19(24)22(18)12-7-8-12/h3-6,9-10,12,18,21,23H,2,7-8H2,1H3/t18-/m0/s1. The largest absolute Gasteiger partial charge is 0.503 e. The molecule has 130 valence electrons. The predicted octanol–water partition coefficient (Wildman–Crippen LogP) is 4.17. The van der Waals surface area contributed by atoms with Gasteiger partial charge in [0, 0.05) is 17.3 Å². The second-order valence-electron chi connectivity index (χ2n) is 6.32. The lowest BCUT2D eigenvalue weighted by atomic mass is 10.0. The quantitative estimate of drug-likeness (QED) is 0.861. The number of hydrogen-bond donors (Lipinski definition) is 2. The molecular formula is C19H19ClN2O3. The van der Waals surface area contributed by atoms with E-state index in [1.807, 2.05) is 36.1 Å². The van der Waals surface area contributed by atoms with Crippen LogP contribution in [0.5, 0.6) is 11.5 Å². The SMILES string of the molecule is CCOc1cc([C@H]2Nc3ccccc3C(=O)N2C2CC2)cc(Cl)c1O. The number of aromatic hydroxyl groups is 1. The highest BCUT2D eigenvalue weighted by atomic mass is 35.5. The smallest absolute Gasteiger partial charge is 0.258 e. The second-order valence-corrected chi connectivity index (χ2v) is 6.73. The number of nitrogens with one attached hydrogen (secondary N) is 1. The van der Waals surface area contributed by atoms with E-state index in [9.17, 15) is 9.90 Å². The van der Waals surface area contributed by atoms with E-state index >= 15 is 0 Å². The van der Waals surface area contributed by atoms with Crippen LogP contribution < -0.4 is 10.1 Å². The Kier molecular flexibility index (Phi) is 3.96. The molecule has 1 atom stereocenters. The molecule has 0 spiro atoms. The maximum Gasteiger partial charge on any atom is 0.258 e. The third-order valence-corrected chi connectivity index (χ3v) is 4.86. The summed E-state index contributed by atoms with van der Waals surface area (Å²) in [5, 5.41) is 13.7. The van der Waals surface area contributed by atoms with Crippen molar-refractivity contribution in [3.8, 4) is 11.5 Å². The number of nitrogens with zero attached hydrogens (tertiary/aromatic N) is 1. The first kappa shape index (κ1) is 16.1. The van der Waals surface area contributed by atoms with Gasteiger partial charge in [-0.3, -0.25) is 4.79 Å². The summed E-state index contributed by atoms with van der Waals surface area (Å²) in [6.45, 7) is 2.26. The number of phenolic OH excluding ortho intramolecular Hbond substituents is 1. The number of carbonyl (C=O) groups is 1. The Morgan fingerprint density at radius 1 is 1.32 bits per heavy atom. The lowest BCUT2D eigenvalue weighted by molar-refractivity contribution is 0.0666. The van der Waals surface area contributed by atoms with Gasteiger partial charge in [-0.05, 0) is 44.0 Å². The molecule has 2 aromatic carbocycles. The van der Waals surface area contributed by atoms with Crippen LogP contribution in [-0.4, -0.2) is 28.6 Å². The molecule has 2 aliphatic rings. The van der Waals surface area contributed by atoms with E-state index in [-0.39, 0.29) is 28.9 Å². The highest BCUT2D eigenvalue weighted by Crippen LogP contribution is 2.44. The molecule has 1 aliphatic heterocycles. The topological polar surface area (TPSA) is 61.8 Å². The van der Waals surface area contributed by atoms with Crippen LogP contribution in [0.4, 0.5) is 5.69 Å². The molecule has 5 nitrogen and oxygen atoms in total. The predicted molar refractivity (Wildman–Crippen MR) is 96.3 cm³/mol. The summed E-state index contributed by atoms with van der Waals surface area (Å²) in [5.41, 5.74) is 2.28. The highest BCUT2D eigenvalue weighted by Gasteiger charge is 2.42. The van der Waals surface area contributed by atoms with E-state index in [1.165, 1.54) is 0 Å². The van der Waals surface area contributed by atoms with Crippen LogP contribution in [-0.2, 0) is 0 Å². The molecule has 1 saturated carbocycles. The van der Waals surface area contributed by atoms with Crippen LogP contribution in [0.3, 0.4) is 0 Å². The van der Waals surface area contributed by atoms with Crippen molar-refractivity contribution < 1.29 is 14.6 Å². The Labute approximate surface area is 151 Å². The molecule has 0 radical (unpaired) electrons. The summed E-state index contributed by atoms with van der Waals surface area (Å²) < 4.78 is 5.49. The summed E-state index contributed by atoms with van der Waals surface area (Å²) in [5.74, 6) is 0.269. The first-order valence-corrected chi connectivity index (χ1v) is 8.81. The monoisotopic (exact) mass is 358 g/mol. The van der Waals surface area contributed by atoms with Crippen molar-refractivity contribution in [3.63, 3.8) is 0 Å². The summed E-state index contributed by atoms with van der Waals surface area (Å²) in [7, 11) is 0. The van der Waals surface area contributed by atoms with Crippen LogP contribution in [0, 0.1) is 0 Å². The van der Waals surface area contributed by atoms with E-state index in [4.69, 9.17) is 16.3 Å². The Morgan fingerprint density at radius 2 is 2.08 bits per heavy atom. The number of benzene rings is 2. The molecule has 1 amide bonds. The fourth-order valence-corrected chi connectivity index (χ4v) is 3.48. The van der Waals surface area contributed by atoms with Gasteiger partial charge in [-0.1, -0.05) is 23.7 Å². The van der Waals surface area contributed by atoms with Crippen molar-refractivity contribution in [3.05, 3.63) is 52.5 Å². The first-order chi connectivity index (χ1) is 12.1. The normalized spacial score (nSPS) is 19.4. The Hall–Kier alpha value is -2.40. The molecule has 2 N–H and O–H groups in total. The number of anilines is 1. The van der Waals surface area contributed by atoms with Crippen molar-refractivity contribution in [2.45, 2.75) is 32.0 Å². The average Bonchev–Trinajstić information content (AvgIpc) is 3.43. The maximum atomic E-state index is 13.0. The minimum Gasteiger partial charge on any atom is -0.503 e. The number of ether oxygens (including phenoxy) is 1. The van der Waals surface area contributed by atoms with E-state index in [2.05, 4.69) is 5.32 Å². The van der Waals surface area contributed by atoms with Gasteiger partial charge in [0.05, 0.1) is 17.2 Å². The van der Waals surface area contributed by atoms with Crippen molar-refractivity contribution in [2.75, 3.05) is 11.9 Å². The number of amides is 1. The molecule has 1 heterocycles. The third kappa shape index (κ3) is 2.78. The van der Waals surface area contributed by atoms with Crippen LogP contribution in [0.1, 0.15) is 41.9 Å². The molecule has 4 rings (SSSR count). The van der Waals surface area contributed by atoms with Gasteiger partial charge in [-0.2, -0.15) is 0 Å². The van der Waals surface area contributed by atoms with Gasteiger partial charge in [0.15, 0.2) is 11.5 Å². The lowest BCUT2D eigenvalue weighted by Crippen LogP contribution is -2.44. The number of rotatable bonds is 4. The number of para-hydroxylation sites is 1. The van der Waals surface area contributed by atoms with E-state index in [0.717, 1.165) is 24.1 Å². The minimum absolute atomic E-state index is 0.0176. The fraction of sp³-hybridized carbons (Fsp3) is 0.316. The zero-order valence-corrected chi connectivity index (χ0v) is 14.6. The molecule has 25 heavy (non-hydrogen) atoms. The van der Waals surface area contributed by atoms with Gasteiger partial charge in [0.25, 0.3) is 5.91 Å². The molecule has 0 bridgehead atoms. The highest BCUT2D eigenvalue weighted by molar-refractivity contribution is 6.32. The fourth-order valence-electron chi connectivity index (χ4n) is 3.26. The lowest BCUT2D eigenvalue weighted by Gasteiger charge is -2.38. The molecular weight excluding hydrogens is 340 g/mol. The average molecular weight is 359 g/mol. The van der Waals surface area contributed by atoms with Crippen LogP contribution in [0.2, 0.25) is 5.02 Å². The molecule has 0 unspecified atom stereocenters. The van der Waals surface area contributed by atoms with Crippen molar-refractivity contribution in [1.82, 2.24) is 4.90 Å². The van der Waals surface area contributed by atoms with Crippen molar-refractivity contribution >= 4 is 23.2 Å². The Morgan fingerprint density at radius 3 is 2.80 bits per heavy atom. The Balaban J connectivity index is 1.79. The summed E-state index contributed by atoms with van der Waals surface area (Å²) >= 11 is 6.19. The molecule has 0 aromatic heterocycles. The van der Waals surface area contributed by atoms with Crippen LogP contribution >= 0.6 is 11.6 Å². The van der Waals surface area contributed by atoms with Crippen LogP contribution in [0.25, 0.3) is 0 Å². The van der Waals surface area contributed by atoms with E-state index < -0.39 is 0 Å². The number of carbonyl (C=O) groups excluding carboxylic acids is 1. The molecule has 0 saturated heterocycles. The number of fused-ring (bicyclic) bond motifs is 1. The summed E-state index contributed by atoms with van der Waals surface area (Å²) in [4.78, 5) is 14.9. The van der Waals surface area contributed by atoms with Crippen molar-refractivity contribution in [1.29, 1.82) is 0 Å². The maximum absolute atomic E-state index is 13.0. The van der Waals surface area contributed by atoms with Gasteiger partial charge in [0.1, 0.15) is 6.17 Å². The zero-order valence-electron chi connectivity index (χ0n) is 13.8. The number of halogens is 1. The molecule has 1 aliphatic carbocycles. The van der Waals surface area contributed by atoms with Gasteiger partial charge in [-0.15, -0.1) is 0 Å². The Bertz CT molecular complexity index is 835. The molecule has 1 fully saturated rings. The minimum atomic E-state index is -0.341. The van der Waals surface area contributed by atoms with Crippen molar-refractivity contribution in [2.24, 2.45) is 0 Å². The summed E-state index contributed by atoms with van der Waals surface area (Å²) in [6.07, 6.45) is 1.65. The third-order valence-electron chi connectivity index (χ3n) is 4.57. The van der Waals surface area contributed by atoms with Gasteiger partial charge >= 0.3 is 0 Å². The molecule has 6 heteroatoms. The first-order valence-electron chi connectivity index (χ1n) is 8.43. The zero-order chi connectivity index (χ0) is 17.6. The molecule has 2 aromatic rings. The van der Waals surface area contributed by atoms with Gasteiger partial charge < -0.3 is 20.1 Å². The van der Waals surface area contributed by atoms with E-state index in [0.29, 0.717) is 17.9 Å². The van der Waals surface area contributed by atoms with Gasteiger partial charge in [0.2, 0.25) is 0 Å². The van der Waals surface area contributed by atoms with E-state index in [1.54, 1.807) is 12.1 Å².